The van der Waals surface area contributed by atoms with Crippen molar-refractivity contribution in [2.75, 3.05) is 13.7 Å². The van der Waals surface area contributed by atoms with Gasteiger partial charge in [0.15, 0.2) is 17.3 Å². The van der Waals surface area contributed by atoms with Crippen LogP contribution in [0.4, 0.5) is 0 Å². The minimum atomic E-state index is -1.37. The first-order valence-corrected chi connectivity index (χ1v) is 9.37. The number of rotatable bonds is 7. The molecule has 3 rings (SSSR count). The van der Waals surface area contributed by atoms with Gasteiger partial charge in [0.1, 0.15) is 12.4 Å². The van der Waals surface area contributed by atoms with Crippen molar-refractivity contribution in [3.63, 3.8) is 0 Å². The Bertz CT molecular complexity index is 1160. The van der Waals surface area contributed by atoms with Crippen molar-refractivity contribution in [2.24, 2.45) is 0 Å². The van der Waals surface area contributed by atoms with E-state index in [0.717, 1.165) is 0 Å². The number of fused-ring (bicyclic) bond motifs is 2. The standard InChI is InChI=1S/C22H24O8/c1-6-12(2)21(24)29-15(22(3,4)25)11-28-17-13-7-8-16(23)30-19(13)20(26-5)18-14(17)9-10-27-18/h6-10,15,25H,11H2,1-5H3. The highest BCUT2D eigenvalue weighted by Gasteiger charge is 2.32. The molecule has 1 N–H and O–H groups in total. The predicted molar refractivity (Wildman–Crippen MR) is 110 cm³/mol. The smallest absolute Gasteiger partial charge is 0.336 e. The Morgan fingerprint density at radius 3 is 2.53 bits per heavy atom. The van der Waals surface area contributed by atoms with Gasteiger partial charge in [0, 0.05) is 11.6 Å². The highest BCUT2D eigenvalue weighted by Crippen LogP contribution is 2.42. The fourth-order valence-corrected chi connectivity index (χ4v) is 2.90. The van der Waals surface area contributed by atoms with Crippen LogP contribution in [0.25, 0.3) is 21.9 Å². The van der Waals surface area contributed by atoms with E-state index in [1.807, 2.05) is 0 Å². The Kier molecular flexibility index (Phi) is 5.89. The second kappa shape index (κ2) is 8.23. The topological polar surface area (TPSA) is 108 Å². The Hall–Kier alpha value is -3.26. The number of aliphatic hydroxyl groups is 1. The molecule has 0 aliphatic rings. The summed E-state index contributed by atoms with van der Waals surface area (Å²) in [5.41, 5.74) is -0.991. The van der Waals surface area contributed by atoms with Gasteiger partial charge in [-0.25, -0.2) is 9.59 Å². The first-order valence-electron chi connectivity index (χ1n) is 9.37. The van der Waals surface area contributed by atoms with Crippen molar-refractivity contribution in [3.8, 4) is 11.5 Å². The van der Waals surface area contributed by atoms with E-state index in [2.05, 4.69) is 0 Å². The van der Waals surface area contributed by atoms with Crippen molar-refractivity contribution < 1.29 is 32.9 Å². The molecule has 0 bridgehead atoms. The molecule has 8 heteroatoms. The lowest BCUT2D eigenvalue weighted by molar-refractivity contribution is -0.160. The average molecular weight is 416 g/mol. The zero-order valence-corrected chi connectivity index (χ0v) is 17.5. The Morgan fingerprint density at radius 2 is 1.90 bits per heavy atom. The normalized spacial score (nSPS) is 13.5. The summed E-state index contributed by atoms with van der Waals surface area (Å²) in [6, 6.07) is 4.51. The Balaban J connectivity index is 2.04. The van der Waals surface area contributed by atoms with Crippen molar-refractivity contribution >= 4 is 27.9 Å². The van der Waals surface area contributed by atoms with Crippen LogP contribution in [0.3, 0.4) is 0 Å². The van der Waals surface area contributed by atoms with Gasteiger partial charge in [-0.15, -0.1) is 0 Å². The summed E-state index contributed by atoms with van der Waals surface area (Å²) in [7, 11) is 1.44. The maximum absolute atomic E-state index is 12.2. The quantitative estimate of drug-likeness (QED) is 0.354. The number of methoxy groups -OCH3 is 1. The van der Waals surface area contributed by atoms with Crippen molar-refractivity contribution in [1.29, 1.82) is 0 Å². The minimum absolute atomic E-state index is 0.146. The van der Waals surface area contributed by atoms with Crippen LogP contribution in [0.2, 0.25) is 0 Å². The van der Waals surface area contributed by atoms with Gasteiger partial charge < -0.3 is 28.2 Å². The summed E-state index contributed by atoms with van der Waals surface area (Å²) in [6.45, 7) is 6.25. The highest BCUT2D eigenvalue weighted by molar-refractivity contribution is 6.06. The first kappa shape index (κ1) is 21.4. The SMILES string of the molecule is CC=C(C)C(=O)OC(COc1c2ccoc2c(OC)c2oc(=O)ccc12)C(C)(C)O. The van der Waals surface area contributed by atoms with E-state index in [9.17, 15) is 14.7 Å². The van der Waals surface area contributed by atoms with Crippen LogP contribution < -0.4 is 15.1 Å². The number of carbonyl (C=O) groups excluding carboxylic acids is 1. The third-order valence-electron chi connectivity index (χ3n) is 4.78. The molecule has 0 saturated heterocycles. The number of ether oxygens (including phenoxy) is 3. The van der Waals surface area contributed by atoms with Crippen LogP contribution in [-0.4, -0.2) is 36.5 Å². The molecule has 2 heterocycles. The lowest BCUT2D eigenvalue weighted by Crippen LogP contribution is -2.44. The van der Waals surface area contributed by atoms with E-state index >= 15 is 0 Å². The second-order valence-corrected chi connectivity index (χ2v) is 7.35. The van der Waals surface area contributed by atoms with Crippen LogP contribution >= 0.6 is 0 Å². The number of hydrogen-bond donors (Lipinski definition) is 1. The summed E-state index contributed by atoms with van der Waals surface area (Å²) in [4.78, 5) is 24.0. The monoisotopic (exact) mass is 416 g/mol. The predicted octanol–water partition coefficient (Wildman–Crippen LogP) is 3.58. The lowest BCUT2D eigenvalue weighted by atomic mass is 10.0. The van der Waals surface area contributed by atoms with E-state index in [-0.39, 0.29) is 17.9 Å². The van der Waals surface area contributed by atoms with Crippen LogP contribution in [0.5, 0.6) is 11.5 Å². The van der Waals surface area contributed by atoms with Crippen LogP contribution in [0, 0.1) is 0 Å². The maximum atomic E-state index is 12.2. The molecule has 0 fully saturated rings. The molecule has 1 atom stereocenters. The molecule has 0 saturated carbocycles. The van der Waals surface area contributed by atoms with Crippen LogP contribution in [-0.2, 0) is 9.53 Å². The molecule has 30 heavy (non-hydrogen) atoms. The molecule has 0 aliphatic carbocycles. The van der Waals surface area contributed by atoms with Gasteiger partial charge in [0.2, 0.25) is 5.75 Å². The molecular formula is C22H24O8. The van der Waals surface area contributed by atoms with Gasteiger partial charge in [-0.3, -0.25) is 0 Å². The van der Waals surface area contributed by atoms with Crippen molar-refractivity contribution in [2.45, 2.75) is 39.4 Å². The molecule has 3 aromatic rings. The number of hydrogen-bond acceptors (Lipinski definition) is 8. The molecule has 2 aromatic heterocycles. The molecule has 0 aliphatic heterocycles. The average Bonchev–Trinajstić information content (AvgIpc) is 3.17. The molecule has 0 radical (unpaired) electrons. The third-order valence-corrected chi connectivity index (χ3v) is 4.78. The van der Waals surface area contributed by atoms with Crippen molar-refractivity contribution in [1.82, 2.24) is 0 Å². The number of benzene rings is 1. The number of carbonyl (C=O) groups is 1. The van der Waals surface area contributed by atoms with E-state index in [0.29, 0.717) is 27.7 Å². The molecular weight excluding hydrogens is 392 g/mol. The number of allylic oxidation sites excluding steroid dienone is 1. The van der Waals surface area contributed by atoms with Crippen LogP contribution in [0.15, 0.2) is 49.7 Å². The third kappa shape index (κ3) is 4.04. The Labute approximate surface area is 172 Å². The molecule has 1 unspecified atom stereocenters. The lowest BCUT2D eigenvalue weighted by Gasteiger charge is -2.29. The highest BCUT2D eigenvalue weighted by atomic mass is 16.6. The van der Waals surface area contributed by atoms with E-state index in [4.69, 9.17) is 23.0 Å². The second-order valence-electron chi connectivity index (χ2n) is 7.35. The van der Waals surface area contributed by atoms with Gasteiger partial charge in [0.25, 0.3) is 0 Å². The van der Waals surface area contributed by atoms with E-state index in [1.165, 1.54) is 33.3 Å². The molecule has 0 amide bonds. The van der Waals surface area contributed by atoms with Crippen molar-refractivity contribution in [3.05, 3.63) is 46.5 Å². The fourth-order valence-electron chi connectivity index (χ4n) is 2.90. The van der Waals surface area contributed by atoms with Crippen LogP contribution in [0.1, 0.15) is 27.7 Å². The first-order chi connectivity index (χ1) is 14.2. The maximum Gasteiger partial charge on any atom is 0.336 e. The Morgan fingerprint density at radius 1 is 1.20 bits per heavy atom. The number of esters is 1. The summed E-state index contributed by atoms with van der Waals surface area (Å²) in [5.74, 6) is 0.0721. The summed E-state index contributed by atoms with van der Waals surface area (Å²) >= 11 is 0. The largest absolute Gasteiger partial charge is 0.490 e. The summed E-state index contributed by atoms with van der Waals surface area (Å²) in [5, 5.41) is 11.5. The zero-order valence-electron chi connectivity index (χ0n) is 17.5. The molecule has 1 aromatic carbocycles. The fraction of sp³-hybridized carbons (Fsp3) is 0.364. The van der Waals surface area contributed by atoms with E-state index < -0.39 is 23.3 Å². The van der Waals surface area contributed by atoms with Gasteiger partial charge in [-0.1, -0.05) is 6.08 Å². The molecule has 0 spiro atoms. The van der Waals surface area contributed by atoms with Gasteiger partial charge in [0.05, 0.1) is 29.7 Å². The minimum Gasteiger partial charge on any atom is -0.490 e. The number of furan rings is 1. The summed E-state index contributed by atoms with van der Waals surface area (Å²) in [6.07, 6.45) is 2.12. The molecule has 160 valence electrons. The summed E-state index contributed by atoms with van der Waals surface area (Å²) < 4.78 is 27.7. The van der Waals surface area contributed by atoms with Gasteiger partial charge in [-0.2, -0.15) is 0 Å². The zero-order chi connectivity index (χ0) is 22.1. The van der Waals surface area contributed by atoms with Gasteiger partial charge >= 0.3 is 11.6 Å². The molecule has 8 nitrogen and oxygen atoms in total. The van der Waals surface area contributed by atoms with E-state index in [1.54, 1.807) is 32.1 Å². The van der Waals surface area contributed by atoms with Gasteiger partial charge in [-0.05, 0) is 39.8 Å².